The van der Waals surface area contributed by atoms with Gasteiger partial charge in [-0.3, -0.25) is 0 Å². The van der Waals surface area contributed by atoms with Crippen molar-refractivity contribution < 1.29 is 27.8 Å². The molecule has 4 aromatic rings. The number of halogens is 3. The van der Waals surface area contributed by atoms with Crippen molar-refractivity contribution in [2.45, 2.75) is 38.9 Å². The van der Waals surface area contributed by atoms with Crippen LogP contribution in [0, 0.1) is 0 Å². The molecule has 0 radical (unpaired) electrons. The van der Waals surface area contributed by atoms with Crippen LogP contribution in [0.1, 0.15) is 31.4 Å². The number of hydrogen-bond acceptors (Lipinski definition) is 8. The summed E-state index contributed by atoms with van der Waals surface area (Å²) in [5.74, 6) is 1.57. The molecule has 0 fully saturated rings. The smallest absolute Gasteiger partial charge is 0.416 e. The molecule has 11 heteroatoms. The summed E-state index contributed by atoms with van der Waals surface area (Å²) < 4.78 is 49.3. The van der Waals surface area contributed by atoms with Crippen molar-refractivity contribution in [2.24, 2.45) is 0 Å². The van der Waals surface area contributed by atoms with Gasteiger partial charge in [0.2, 0.25) is 18.7 Å². The molecule has 0 unspecified atom stereocenters. The molecule has 8 nitrogen and oxygen atoms in total. The van der Waals surface area contributed by atoms with E-state index in [4.69, 9.17) is 9.47 Å². The molecule has 3 N–H and O–H groups in total. The Balaban J connectivity index is 0.000000417. The second kappa shape index (κ2) is 13.0. The van der Waals surface area contributed by atoms with Crippen molar-refractivity contribution in [1.29, 1.82) is 0 Å². The third-order valence-electron chi connectivity index (χ3n) is 6.10. The van der Waals surface area contributed by atoms with Crippen molar-refractivity contribution in [2.75, 3.05) is 17.4 Å². The fraction of sp³-hybridized carbons (Fsp3) is 0.233. The van der Waals surface area contributed by atoms with Crippen LogP contribution in [0.4, 0.5) is 30.8 Å². The van der Waals surface area contributed by atoms with Gasteiger partial charge in [-0.25, -0.2) is 0 Å². The van der Waals surface area contributed by atoms with Crippen LogP contribution in [0.5, 0.6) is 11.5 Å². The van der Waals surface area contributed by atoms with Crippen LogP contribution >= 0.6 is 0 Å². The third-order valence-corrected chi connectivity index (χ3v) is 6.10. The van der Waals surface area contributed by atoms with E-state index in [2.05, 4.69) is 63.4 Å². The van der Waals surface area contributed by atoms with Crippen molar-refractivity contribution in [3.05, 3.63) is 96.3 Å². The van der Waals surface area contributed by atoms with Gasteiger partial charge in [-0.15, -0.1) is 0 Å². The van der Waals surface area contributed by atoms with Gasteiger partial charge < -0.3 is 25.2 Å². The molecule has 0 spiro atoms. The van der Waals surface area contributed by atoms with E-state index in [-0.39, 0.29) is 30.3 Å². The van der Waals surface area contributed by atoms with Crippen LogP contribution in [0.15, 0.2) is 85.1 Å². The molecule has 3 aromatic carbocycles. The maximum Gasteiger partial charge on any atom is 0.416 e. The molecule has 2 heterocycles. The average molecular weight is 566 g/mol. The van der Waals surface area contributed by atoms with E-state index >= 15 is 0 Å². The molecule has 0 bridgehead atoms. The number of anilines is 3. The summed E-state index contributed by atoms with van der Waals surface area (Å²) in [5, 5.41) is 15.7. The first-order valence-corrected chi connectivity index (χ1v) is 12.9. The van der Waals surface area contributed by atoms with Crippen molar-refractivity contribution in [3.63, 3.8) is 0 Å². The summed E-state index contributed by atoms with van der Waals surface area (Å²) in [6.45, 7) is 7.67. The van der Waals surface area contributed by atoms with E-state index < -0.39 is 17.8 Å². The minimum atomic E-state index is -4.43. The lowest BCUT2D eigenvalue weighted by Gasteiger charge is -2.17. The highest BCUT2D eigenvalue weighted by molar-refractivity contribution is 5.65. The number of aryl methyl sites for hydroxylation is 1. The average Bonchev–Trinajstić information content (AvgIpc) is 3.44. The Labute approximate surface area is 235 Å². The van der Waals surface area contributed by atoms with Gasteiger partial charge in [-0.05, 0) is 60.9 Å². The summed E-state index contributed by atoms with van der Waals surface area (Å²) in [4.78, 5) is 13.1. The lowest BCUT2D eigenvalue weighted by molar-refractivity contribution is -0.137. The highest BCUT2D eigenvalue weighted by atomic mass is 19.4. The summed E-state index contributed by atoms with van der Waals surface area (Å²) in [5.41, 5.74) is 1.61. The van der Waals surface area contributed by atoms with E-state index in [1.54, 1.807) is 18.2 Å². The SMILES string of the molecule is C=C(O)[C@H](CC)Nc1nc(Nc2ccc(C(F)(F)F)cc2)nc(-c2ccc3c(c2)OCO3)n1.CCc1ccccc1. The predicted molar refractivity (Wildman–Crippen MR) is 151 cm³/mol. The quantitative estimate of drug-likeness (QED) is 0.188. The van der Waals surface area contributed by atoms with Gasteiger partial charge in [0.05, 0.1) is 11.6 Å². The number of rotatable bonds is 8. The van der Waals surface area contributed by atoms with Crippen molar-refractivity contribution in [3.8, 4) is 22.9 Å². The Kier molecular flexibility index (Phi) is 9.28. The van der Waals surface area contributed by atoms with Crippen LogP contribution in [-0.2, 0) is 12.6 Å². The molecule has 0 saturated heterocycles. The molecule has 41 heavy (non-hydrogen) atoms. The number of aliphatic hydroxyl groups excluding tert-OH is 1. The molecule has 1 aliphatic heterocycles. The summed E-state index contributed by atoms with van der Waals surface area (Å²) >= 11 is 0. The van der Waals surface area contributed by atoms with Crippen LogP contribution in [0.2, 0.25) is 0 Å². The van der Waals surface area contributed by atoms with E-state index in [0.29, 0.717) is 29.2 Å². The number of benzene rings is 3. The first-order chi connectivity index (χ1) is 19.7. The maximum atomic E-state index is 12.8. The Morgan fingerprint density at radius 3 is 2.22 bits per heavy atom. The van der Waals surface area contributed by atoms with Gasteiger partial charge in [0, 0.05) is 11.3 Å². The molecule has 0 saturated carbocycles. The van der Waals surface area contributed by atoms with Crippen LogP contribution < -0.4 is 20.1 Å². The standard InChI is InChI=1S/C22H20F3N5O3.C8H10/c1-3-16(12(2)31)27-21-29-19(13-4-9-17-18(10-13)33-11-32-17)28-20(30-21)26-15-7-5-14(6-8-15)22(23,24)25;1-2-8-6-4-3-5-7-8/h4-10,16,31H,2-3,11H2,1H3,(H2,26,27,28,29,30);3-7H,2H2,1H3/t16-;/m0./s1. The monoisotopic (exact) mass is 565 g/mol. The van der Waals surface area contributed by atoms with E-state index in [9.17, 15) is 18.3 Å². The topological polar surface area (TPSA) is 101 Å². The molecule has 1 atom stereocenters. The maximum absolute atomic E-state index is 12.8. The number of alkyl halides is 3. The van der Waals surface area contributed by atoms with Crippen LogP contribution in [0.25, 0.3) is 11.4 Å². The van der Waals surface area contributed by atoms with E-state index in [0.717, 1.165) is 18.6 Å². The fourth-order valence-electron chi connectivity index (χ4n) is 3.82. The molecule has 0 amide bonds. The van der Waals surface area contributed by atoms with Gasteiger partial charge in [0.25, 0.3) is 0 Å². The molecule has 214 valence electrons. The molecule has 0 aliphatic carbocycles. The zero-order valence-electron chi connectivity index (χ0n) is 22.6. The normalized spacial score (nSPS) is 12.6. The van der Waals surface area contributed by atoms with E-state index in [1.165, 1.54) is 17.7 Å². The second-order valence-corrected chi connectivity index (χ2v) is 9.01. The number of hydrogen-bond donors (Lipinski definition) is 3. The molecule has 1 aromatic heterocycles. The Hall–Kier alpha value is -4.80. The minimum absolute atomic E-state index is 0.0835. The van der Waals surface area contributed by atoms with Crippen LogP contribution in [0.3, 0.4) is 0 Å². The number of nitrogens with one attached hydrogen (secondary N) is 2. The zero-order chi connectivity index (χ0) is 29.4. The highest BCUT2D eigenvalue weighted by Gasteiger charge is 2.30. The van der Waals surface area contributed by atoms with Gasteiger partial charge in [0.1, 0.15) is 5.76 Å². The van der Waals surface area contributed by atoms with Crippen molar-refractivity contribution >= 4 is 17.6 Å². The summed E-state index contributed by atoms with van der Waals surface area (Å²) in [6, 6.07) is 19.6. The Morgan fingerprint density at radius 2 is 1.61 bits per heavy atom. The fourth-order valence-corrected chi connectivity index (χ4v) is 3.82. The Bertz CT molecular complexity index is 1460. The summed E-state index contributed by atoms with van der Waals surface area (Å²) in [6.07, 6.45) is -2.78. The van der Waals surface area contributed by atoms with E-state index in [1.807, 2.05) is 13.0 Å². The van der Waals surface area contributed by atoms with Crippen molar-refractivity contribution in [1.82, 2.24) is 15.0 Å². The Morgan fingerprint density at radius 1 is 0.927 bits per heavy atom. The molecule has 5 rings (SSSR count). The number of nitrogens with zero attached hydrogens (tertiary/aromatic N) is 3. The van der Waals surface area contributed by atoms with Gasteiger partial charge >= 0.3 is 6.18 Å². The second-order valence-electron chi connectivity index (χ2n) is 9.01. The zero-order valence-corrected chi connectivity index (χ0v) is 22.6. The third kappa shape index (κ3) is 7.87. The highest BCUT2D eigenvalue weighted by Crippen LogP contribution is 2.35. The van der Waals surface area contributed by atoms with Gasteiger partial charge in [0.15, 0.2) is 17.3 Å². The lowest BCUT2D eigenvalue weighted by atomic mass is 10.2. The predicted octanol–water partition coefficient (Wildman–Crippen LogP) is 7.54. The summed E-state index contributed by atoms with van der Waals surface area (Å²) in [7, 11) is 0. The number of ether oxygens (including phenoxy) is 2. The first kappa shape index (κ1) is 29.2. The molecular formula is C30H30F3N5O3. The number of fused-ring (bicyclic) bond motifs is 1. The van der Waals surface area contributed by atoms with Gasteiger partial charge in [-0.2, -0.15) is 28.1 Å². The largest absolute Gasteiger partial charge is 0.511 e. The van der Waals surface area contributed by atoms with Gasteiger partial charge in [-0.1, -0.05) is 50.8 Å². The number of aliphatic hydroxyl groups is 1. The lowest BCUT2D eigenvalue weighted by Crippen LogP contribution is -2.22. The number of aromatic nitrogens is 3. The first-order valence-electron chi connectivity index (χ1n) is 12.9. The molecule has 1 aliphatic rings. The molecular weight excluding hydrogens is 535 g/mol. The van der Waals surface area contributed by atoms with Crippen LogP contribution in [-0.4, -0.2) is 32.9 Å². The minimum Gasteiger partial charge on any atom is -0.511 e.